The fraction of sp³-hybridized carbons (Fsp3) is 0.222. The highest BCUT2D eigenvalue weighted by atomic mass is 19.1. The van der Waals surface area contributed by atoms with Gasteiger partial charge in [-0.3, -0.25) is 4.79 Å². The van der Waals surface area contributed by atoms with Crippen molar-refractivity contribution in [1.82, 2.24) is 0 Å². The second kappa shape index (κ2) is 4.57. The van der Waals surface area contributed by atoms with E-state index in [0.29, 0.717) is 0 Å². The third-order valence-corrected chi connectivity index (χ3v) is 1.38. The molecule has 1 N–H and O–H groups in total. The van der Waals surface area contributed by atoms with Crippen LogP contribution in [0, 0.1) is 5.82 Å². The minimum absolute atomic E-state index is 0.110. The van der Waals surface area contributed by atoms with Gasteiger partial charge < -0.3 is 9.84 Å². The van der Waals surface area contributed by atoms with Crippen molar-refractivity contribution in [3.63, 3.8) is 0 Å². The second-order valence-corrected chi connectivity index (χ2v) is 2.38. The molecule has 0 aliphatic carbocycles. The molecule has 4 heteroatoms. The average Bonchev–Trinajstić information content (AvgIpc) is 2.09. The van der Waals surface area contributed by atoms with Crippen molar-refractivity contribution >= 4 is 5.97 Å². The summed E-state index contributed by atoms with van der Waals surface area (Å²) in [6.45, 7) is -0.298. The summed E-state index contributed by atoms with van der Waals surface area (Å²) < 4.78 is 17.5. The second-order valence-electron chi connectivity index (χ2n) is 2.38. The Labute approximate surface area is 74.8 Å². The maximum atomic E-state index is 12.9. The van der Waals surface area contributed by atoms with Crippen LogP contribution in [0.1, 0.15) is 6.42 Å². The van der Waals surface area contributed by atoms with Crippen molar-refractivity contribution in [2.75, 3.05) is 6.61 Å². The molecule has 0 saturated carbocycles. The van der Waals surface area contributed by atoms with Crippen LogP contribution in [0.3, 0.4) is 0 Å². The molecular formula is C9H9FO3. The molecule has 0 atom stereocenters. The Bertz CT molecular complexity index is 299. The molecule has 0 aliphatic heterocycles. The molecule has 0 heterocycles. The van der Waals surface area contributed by atoms with E-state index in [1.807, 2.05) is 0 Å². The summed E-state index contributed by atoms with van der Waals surface area (Å²) in [6, 6.07) is 5.61. The van der Waals surface area contributed by atoms with Gasteiger partial charge in [-0.25, -0.2) is 4.39 Å². The number of carbonyl (C=O) groups is 1. The molecule has 0 aromatic heterocycles. The van der Waals surface area contributed by atoms with E-state index < -0.39 is 11.8 Å². The zero-order valence-corrected chi connectivity index (χ0v) is 6.87. The van der Waals surface area contributed by atoms with E-state index in [-0.39, 0.29) is 18.8 Å². The van der Waals surface area contributed by atoms with Gasteiger partial charge in [0.25, 0.3) is 0 Å². The molecule has 0 saturated heterocycles. The molecule has 3 nitrogen and oxygen atoms in total. The normalized spacial score (nSPS) is 9.69. The first-order chi connectivity index (χ1) is 6.24. The highest BCUT2D eigenvalue weighted by Gasteiger charge is 2.07. The number of aliphatic hydroxyl groups is 1. The topological polar surface area (TPSA) is 46.5 Å². The summed E-state index contributed by atoms with van der Waals surface area (Å²) in [5, 5.41) is 8.39. The van der Waals surface area contributed by atoms with Crippen LogP contribution in [0.2, 0.25) is 0 Å². The molecule has 0 spiro atoms. The lowest BCUT2D eigenvalue weighted by atomic mass is 10.3. The molecule has 1 rings (SSSR count). The lowest BCUT2D eigenvalue weighted by Gasteiger charge is -2.02. The number of rotatable bonds is 3. The molecule has 0 fully saturated rings. The van der Waals surface area contributed by atoms with E-state index in [9.17, 15) is 9.18 Å². The molecule has 1 aromatic rings. The smallest absolute Gasteiger partial charge is 0.313 e. The third-order valence-electron chi connectivity index (χ3n) is 1.38. The van der Waals surface area contributed by atoms with Crippen molar-refractivity contribution in [2.45, 2.75) is 6.42 Å². The Hall–Kier alpha value is -1.42. The number of esters is 1. The quantitative estimate of drug-likeness (QED) is 0.565. The lowest BCUT2D eigenvalue weighted by molar-refractivity contribution is -0.135. The van der Waals surface area contributed by atoms with E-state index in [2.05, 4.69) is 4.74 Å². The Morgan fingerprint density at radius 3 is 2.77 bits per heavy atom. The number of carbonyl (C=O) groups excluding carboxylic acids is 1. The first kappa shape index (κ1) is 9.67. The van der Waals surface area contributed by atoms with Gasteiger partial charge in [0, 0.05) is 0 Å². The van der Waals surface area contributed by atoms with Gasteiger partial charge in [-0.2, -0.15) is 0 Å². The van der Waals surface area contributed by atoms with Crippen molar-refractivity contribution in [3.8, 4) is 5.75 Å². The largest absolute Gasteiger partial charge is 0.423 e. The first-order valence-corrected chi connectivity index (χ1v) is 3.80. The molecule has 0 amide bonds. The van der Waals surface area contributed by atoms with Crippen LogP contribution in [0.25, 0.3) is 0 Å². The van der Waals surface area contributed by atoms with Gasteiger partial charge in [-0.1, -0.05) is 12.1 Å². The van der Waals surface area contributed by atoms with Gasteiger partial charge in [-0.15, -0.1) is 0 Å². The number of aliphatic hydroxyl groups excluding tert-OH is 1. The highest BCUT2D eigenvalue weighted by Crippen LogP contribution is 2.15. The van der Waals surface area contributed by atoms with E-state index in [1.54, 1.807) is 6.07 Å². The van der Waals surface area contributed by atoms with Gasteiger partial charge in [0.2, 0.25) is 0 Å². The SMILES string of the molecule is O=C(CCO)Oc1ccccc1F. The Morgan fingerprint density at radius 1 is 1.46 bits per heavy atom. The van der Waals surface area contributed by atoms with Crippen molar-refractivity contribution < 1.29 is 19.0 Å². The van der Waals surface area contributed by atoms with Crippen LogP contribution < -0.4 is 4.74 Å². The monoisotopic (exact) mass is 184 g/mol. The van der Waals surface area contributed by atoms with Crippen LogP contribution >= 0.6 is 0 Å². The lowest BCUT2D eigenvalue weighted by Crippen LogP contribution is -2.10. The Balaban J connectivity index is 2.63. The van der Waals surface area contributed by atoms with Gasteiger partial charge in [0.05, 0.1) is 13.0 Å². The van der Waals surface area contributed by atoms with E-state index in [1.165, 1.54) is 18.2 Å². The summed E-state index contributed by atoms with van der Waals surface area (Å²) in [7, 11) is 0. The first-order valence-electron chi connectivity index (χ1n) is 3.80. The molecule has 0 unspecified atom stereocenters. The average molecular weight is 184 g/mol. The van der Waals surface area contributed by atoms with Gasteiger partial charge >= 0.3 is 5.97 Å². The number of para-hydroxylation sites is 1. The molecular weight excluding hydrogens is 175 g/mol. The summed E-state index contributed by atoms with van der Waals surface area (Å²) in [4.78, 5) is 10.8. The van der Waals surface area contributed by atoms with Crippen molar-refractivity contribution in [3.05, 3.63) is 30.1 Å². The molecule has 0 radical (unpaired) electrons. The Kier molecular flexibility index (Phi) is 3.40. The highest BCUT2D eigenvalue weighted by molar-refractivity contribution is 5.72. The fourth-order valence-electron chi connectivity index (χ4n) is 0.792. The predicted molar refractivity (Wildman–Crippen MR) is 43.7 cm³/mol. The number of halogens is 1. The van der Waals surface area contributed by atoms with Crippen LogP contribution in [-0.2, 0) is 4.79 Å². The zero-order chi connectivity index (χ0) is 9.68. The van der Waals surface area contributed by atoms with Crippen molar-refractivity contribution in [1.29, 1.82) is 0 Å². The van der Waals surface area contributed by atoms with Crippen LogP contribution in [0.4, 0.5) is 4.39 Å². The molecule has 0 aliphatic rings. The van der Waals surface area contributed by atoms with Gasteiger partial charge in [-0.05, 0) is 12.1 Å². The summed E-state index contributed by atoms with van der Waals surface area (Å²) in [5.41, 5.74) is 0. The minimum atomic E-state index is -0.646. The fourth-order valence-corrected chi connectivity index (χ4v) is 0.792. The van der Waals surface area contributed by atoms with Crippen molar-refractivity contribution in [2.24, 2.45) is 0 Å². The molecule has 70 valence electrons. The van der Waals surface area contributed by atoms with E-state index in [0.717, 1.165) is 0 Å². The number of ether oxygens (including phenoxy) is 1. The minimum Gasteiger partial charge on any atom is -0.423 e. The van der Waals surface area contributed by atoms with E-state index >= 15 is 0 Å². The van der Waals surface area contributed by atoms with Crippen LogP contribution in [-0.4, -0.2) is 17.7 Å². The standard InChI is InChI=1S/C9H9FO3/c10-7-3-1-2-4-8(7)13-9(12)5-6-11/h1-4,11H,5-6H2. The van der Waals surface area contributed by atoms with Crippen LogP contribution in [0.5, 0.6) is 5.75 Å². The maximum Gasteiger partial charge on any atom is 0.313 e. The van der Waals surface area contributed by atoms with Gasteiger partial charge in [0.15, 0.2) is 11.6 Å². The molecule has 1 aromatic carbocycles. The van der Waals surface area contributed by atoms with E-state index in [4.69, 9.17) is 5.11 Å². The summed E-state index contributed by atoms with van der Waals surface area (Å²) in [5.74, 6) is -1.35. The zero-order valence-electron chi connectivity index (χ0n) is 6.87. The number of benzene rings is 1. The summed E-state index contributed by atoms with van der Waals surface area (Å²) in [6.07, 6.45) is -0.131. The predicted octanol–water partition coefficient (Wildman–Crippen LogP) is 1.11. The number of hydrogen-bond acceptors (Lipinski definition) is 3. The third kappa shape index (κ3) is 2.83. The number of hydrogen-bond donors (Lipinski definition) is 1. The maximum absolute atomic E-state index is 12.9. The summed E-state index contributed by atoms with van der Waals surface area (Å²) >= 11 is 0. The molecule has 13 heavy (non-hydrogen) atoms. The van der Waals surface area contributed by atoms with Gasteiger partial charge in [0.1, 0.15) is 0 Å². The molecule has 0 bridgehead atoms. The Morgan fingerprint density at radius 2 is 2.15 bits per heavy atom. The van der Waals surface area contributed by atoms with Crippen LogP contribution in [0.15, 0.2) is 24.3 Å².